The molecule has 2 atom stereocenters. The zero-order valence-corrected chi connectivity index (χ0v) is 9.73. The van der Waals surface area contributed by atoms with Crippen molar-refractivity contribution in [3.8, 4) is 0 Å². The molecule has 16 heavy (non-hydrogen) atoms. The third-order valence-electron chi connectivity index (χ3n) is 2.26. The van der Waals surface area contributed by atoms with Gasteiger partial charge in [-0.25, -0.2) is 4.79 Å². The summed E-state index contributed by atoms with van der Waals surface area (Å²) in [6.07, 6.45) is 2.21. The van der Waals surface area contributed by atoms with Gasteiger partial charge in [0.05, 0.1) is 6.61 Å². The molecular formula is C11H19NO4. The second-order valence-electron chi connectivity index (χ2n) is 3.57. The molecule has 0 bridgehead atoms. The molecular weight excluding hydrogens is 210 g/mol. The number of nitrogens with one attached hydrogen (secondary N) is 1. The van der Waals surface area contributed by atoms with Crippen LogP contribution < -0.4 is 5.32 Å². The Morgan fingerprint density at radius 2 is 2.19 bits per heavy atom. The first-order valence-corrected chi connectivity index (χ1v) is 5.23. The standard InChI is InChI=1S/C11H19NO4/c1-4-6-16-7-9(13)12-10(11(14)15)8(3)5-2/h4,8,10H,1,5-7H2,2-3H3,(H,12,13)(H,14,15)/t8-,10-/m0/s1. The van der Waals surface area contributed by atoms with Crippen LogP contribution in [0.1, 0.15) is 20.3 Å². The molecule has 5 nitrogen and oxygen atoms in total. The summed E-state index contributed by atoms with van der Waals surface area (Å²) in [5.74, 6) is -1.55. The molecule has 0 rings (SSSR count). The van der Waals surface area contributed by atoms with Gasteiger partial charge in [-0.3, -0.25) is 4.79 Å². The third-order valence-corrected chi connectivity index (χ3v) is 2.26. The lowest BCUT2D eigenvalue weighted by Gasteiger charge is -2.19. The van der Waals surface area contributed by atoms with Gasteiger partial charge in [0.1, 0.15) is 12.6 Å². The van der Waals surface area contributed by atoms with Crippen molar-refractivity contribution in [1.82, 2.24) is 5.32 Å². The summed E-state index contributed by atoms with van der Waals surface area (Å²) >= 11 is 0. The normalized spacial score (nSPS) is 13.9. The third kappa shape index (κ3) is 5.50. The number of carbonyl (C=O) groups is 2. The van der Waals surface area contributed by atoms with Crippen LogP contribution in [0.2, 0.25) is 0 Å². The average Bonchev–Trinajstić information content (AvgIpc) is 2.25. The molecule has 5 heteroatoms. The van der Waals surface area contributed by atoms with E-state index in [4.69, 9.17) is 9.84 Å². The first-order valence-electron chi connectivity index (χ1n) is 5.23. The number of aliphatic carboxylic acids is 1. The highest BCUT2D eigenvalue weighted by molar-refractivity contribution is 5.84. The van der Waals surface area contributed by atoms with Gasteiger partial charge in [0.2, 0.25) is 5.91 Å². The van der Waals surface area contributed by atoms with Crippen molar-refractivity contribution in [3.63, 3.8) is 0 Å². The number of amides is 1. The largest absolute Gasteiger partial charge is 0.480 e. The molecule has 0 unspecified atom stereocenters. The Bertz CT molecular complexity index is 252. The predicted octanol–water partition coefficient (Wildman–Crippen LogP) is 0.804. The minimum atomic E-state index is -1.02. The van der Waals surface area contributed by atoms with Gasteiger partial charge in [0, 0.05) is 0 Å². The van der Waals surface area contributed by atoms with Gasteiger partial charge < -0.3 is 15.2 Å². The maximum atomic E-state index is 11.3. The van der Waals surface area contributed by atoms with Crippen LogP contribution in [0, 0.1) is 5.92 Å². The van der Waals surface area contributed by atoms with E-state index in [9.17, 15) is 9.59 Å². The van der Waals surface area contributed by atoms with E-state index in [2.05, 4.69) is 11.9 Å². The number of carboxylic acid groups (broad SMARTS) is 1. The fourth-order valence-corrected chi connectivity index (χ4v) is 1.13. The summed E-state index contributed by atoms with van der Waals surface area (Å²) in [5.41, 5.74) is 0. The van der Waals surface area contributed by atoms with Gasteiger partial charge in [-0.05, 0) is 5.92 Å². The Morgan fingerprint density at radius 3 is 2.62 bits per heavy atom. The van der Waals surface area contributed by atoms with Crippen LogP contribution in [0.4, 0.5) is 0 Å². The molecule has 0 radical (unpaired) electrons. The van der Waals surface area contributed by atoms with Crippen molar-refractivity contribution < 1.29 is 19.4 Å². The van der Waals surface area contributed by atoms with E-state index in [1.165, 1.54) is 6.08 Å². The fraction of sp³-hybridized carbons (Fsp3) is 0.636. The van der Waals surface area contributed by atoms with Crippen molar-refractivity contribution in [2.45, 2.75) is 26.3 Å². The molecule has 0 aliphatic rings. The smallest absolute Gasteiger partial charge is 0.326 e. The van der Waals surface area contributed by atoms with Gasteiger partial charge in [0.25, 0.3) is 0 Å². The highest BCUT2D eigenvalue weighted by atomic mass is 16.5. The Labute approximate surface area is 95.5 Å². The molecule has 0 fully saturated rings. The quantitative estimate of drug-likeness (QED) is 0.477. The Hall–Kier alpha value is -1.36. The number of hydrogen-bond acceptors (Lipinski definition) is 3. The van der Waals surface area contributed by atoms with Crippen LogP contribution in [0.25, 0.3) is 0 Å². The van der Waals surface area contributed by atoms with Crippen LogP contribution in [0.15, 0.2) is 12.7 Å². The summed E-state index contributed by atoms with van der Waals surface area (Å²) < 4.78 is 4.92. The van der Waals surface area contributed by atoms with Crippen molar-refractivity contribution in [1.29, 1.82) is 0 Å². The molecule has 0 spiro atoms. The van der Waals surface area contributed by atoms with Gasteiger partial charge in [-0.1, -0.05) is 26.3 Å². The highest BCUT2D eigenvalue weighted by Gasteiger charge is 2.24. The number of carboxylic acids is 1. The Kier molecular flexibility index (Phi) is 7.20. The molecule has 0 aromatic carbocycles. The predicted molar refractivity (Wildman–Crippen MR) is 60.0 cm³/mol. The fourth-order valence-electron chi connectivity index (χ4n) is 1.13. The van der Waals surface area contributed by atoms with Crippen LogP contribution in [-0.4, -0.2) is 36.2 Å². The van der Waals surface area contributed by atoms with Gasteiger partial charge in [-0.2, -0.15) is 0 Å². The minimum absolute atomic E-state index is 0.110. The summed E-state index contributed by atoms with van der Waals surface area (Å²) in [4.78, 5) is 22.2. The Balaban J connectivity index is 4.13. The summed E-state index contributed by atoms with van der Waals surface area (Å²) in [6.45, 7) is 7.22. The van der Waals surface area contributed by atoms with E-state index in [1.54, 1.807) is 6.92 Å². The molecule has 0 aliphatic carbocycles. The molecule has 2 N–H and O–H groups in total. The monoisotopic (exact) mass is 229 g/mol. The minimum Gasteiger partial charge on any atom is -0.480 e. The average molecular weight is 229 g/mol. The van der Waals surface area contributed by atoms with Gasteiger partial charge >= 0.3 is 5.97 Å². The van der Waals surface area contributed by atoms with Gasteiger partial charge in [0.15, 0.2) is 0 Å². The lowest BCUT2D eigenvalue weighted by atomic mass is 9.99. The van der Waals surface area contributed by atoms with E-state index in [-0.39, 0.29) is 19.1 Å². The van der Waals surface area contributed by atoms with Crippen LogP contribution in [-0.2, 0) is 14.3 Å². The van der Waals surface area contributed by atoms with E-state index in [0.717, 1.165) is 0 Å². The second-order valence-corrected chi connectivity index (χ2v) is 3.57. The lowest BCUT2D eigenvalue weighted by molar-refractivity contribution is -0.144. The van der Waals surface area contributed by atoms with Crippen LogP contribution in [0.5, 0.6) is 0 Å². The van der Waals surface area contributed by atoms with Crippen molar-refractivity contribution >= 4 is 11.9 Å². The number of hydrogen-bond donors (Lipinski definition) is 2. The molecule has 0 saturated carbocycles. The van der Waals surface area contributed by atoms with E-state index in [0.29, 0.717) is 6.42 Å². The molecule has 0 aromatic rings. The second kappa shape index (κ2) is 7.87. The zero-order chi connectivity index (χ0) is 12.6. The number of rotatable bonds is 8. The topological polar surface area (TPSA) is 75.6 Å². The zero-order valence-electron chi connectivity index (χ0n) is 9.73. The molecule has 0 aromatic heterocycles. The van der Waals surface area contributed by atoms with E-state index < -0.39 is 17.9 Å². The SMILES string of the molecule is C=CCOCC(=O)N[C@H](C(=O)O)[C@@H](C)CC. The highest BCUT2D eigenvalue weighted by Crippen LogP contribution is 2.07. The maximum Gasteiger partial charge on any atom is 0.326 e. The summed E-state index contributed by atoms with van der Waals surface area (Å²) in [6, 6.07) is -0.857. The van der Waals surface area contributed by atoms with Crippen LogP contribution >= 0.6 is 0 Å². The first kappa shape index (κ1) is 14.6. The molecule has 1 amide bonds. The van der Waals surface area contributed by atoms with E-state index in [1.807, 2.05) is 6.92 Å². The number of carbonyl (C=O) groups excluding carboxylic acids is 1. The maximum absolute atomic E-state index is 11.3. The summed E-state index contributed by atoms with van der Waals surface area (Å²) in [5, 5.41) is 11.4. The summed E-state index contributed by atoms with van der Waals surface area (Å²) in [7, 11) is 0. The number of ether oxygens (including phenoxy) is 1. The van der Waals surface area contributed by atoms with Crippen LogP contribution in [0.3, 0.4) is 0 Å². The molecule has 92 valence electrons. The first-order chi connectivity index (χ1) is 7.52. The molecule has 0 heterocycles. The van der Waals surface area contributed by atoms with E-state index >= 15 is 0 Å². The van der Waals surface area contributed by atoms with Crippen molar-refractivity contribution in [3.05, 3.63) is 12.7 Å². The lowest BCUT2D eigenvalue weighted by Crippen LogP contribution is -2.46. The van der Waals surface area contributed by atoms with Crippen molar-refractivity contribution in [2.75, 3.05) is 13.2 Å². The van der Waals surface area contributed by atoms with Crippen molar-refractivity contribution in [2.24, 2.45) is 5.92 Å². The molecule has 0 aliphatic heterocycles. The Morgan fingerprint density at radius 1 is 1.56 bits per heavy atom. The van der Waals surface area contributed by atoms with Gasteiger partial charge in [-0.15, -0.1) is 6.58 Å². The molecule has 0 saturated heterocycles.